The second-order valence-electron chi connectivity index (χ2n) is 3.27. The van der Waals surface area contributed by atoms with Crippen LogP contribution in [0.2, 0.25) is 0 Å². The number of halogens is 6. The number of alkyl halides is 6. The molecule has 19 heavy (non-hydrogen) atoms. The first-order valence-electron chi connectivity index (χ1n) is 4.87. The molecule has 0 unspecified atom stereocenters. The summed E-state index contributed by atoms with van der Waals surface area (Å²) in [4.78, 5) is 21.5. The van der Waals surface area contributed by atoms with Crippen LogP contribution >= 0.6 is 0 Å². The second kappa shape index (κ2) is 6.73. The van der Waals surface area contributed by atoms with Gasteiger partial charge < -0.3 is 9.47 Å². The molecule has 4 nitrogen and oxygen atoms in total. The minimum Gasteiger partial charge on any atom is -0.461 e. The van der Waals surface area contributed by atoms with Crippen molar-refractivity contribution in [1.82, 2.24) is 0 Å². The number of carbonyl (C=O) groups excluding carboxylic acids is 2. The molecule has 112 valence electrons. The van der Waals surface area contributed by atoms with Gasteiger partial charge in [0, 0.05) is 0 Å². The Labute approximate surface area is 103 Å². The van der Waals surface area contributed by atoms with Gasteiger partial charge in [-0.25, -0.2) is 13.6 Å². The molecule has 0 aliphatic carbocycles. The molecule has 0 aromatic rings. The second-order valence-corrected chi connectivity index (χ2v) is 3.27. The lowest BCUT2D eigenvalue weighted by Gasteiger charge is -2.16. The van der Waals surface area contributed by atoms with E-state index < -0.39 is 49.8 Å². The minimum absolute atomic E-state index is 0.425. The highest BCUT2D eigenvalue weighted by Crippen LogP contribution is 2.23. The number of carbonyl (C=O) groups is 2. The van der Waals surface area contributed by atoms with Crippen molar-refractivity contribution in [2.45, 2.75) is 25.2 Å². The summed E-state index contributed by atoms with van der Waals surface area (Å²) in [6.07, 6.45) is -4.06. The van der Waals surface area contributed by atoms with Crippen molar-refractivity contribution >= 4 is 11.8 Å². The van der Waals surface area contributed by atoms with Crippen LogP contribution < -0.4 is 0 Å². The Morgan fingerprint density at radius 1 is 1.16 bits per heavy atom. The van der Waals surface area contributed by atoms with Gasteiger partial charge in [0.25, 0.3) is 0 Å². The van der Waals surface area contributed by atoms with Crippen molar-refractivity contribution in [2.75, 3.05) is 19.8 Å². The van der Waals surface area contributed by atoms with Crippen LogP contribution in [0, 0.1) is 0 Å². The molecular formula is C9H10F6O4. The average molecular weight is 296 g/mol. The fourth-order valence-electron chi connectivity index (χ4n) is 0.769. The molecule has 0 bridgehead atoms. The van der Waals surface area contributed by atoms with E-state index in [0.717, 1.165) is 0 Å². The molecule has 0 N–H and O–H groups in total. The van der Waals surface area contributed by atoms with Crippen molar-refractivity contribution in [3.63, 3.8) is 0 Å². The van der Waals surface area contributed by atoms with Crippen molar-refractivity contribution < 1.29 is 45.4 Å². The number of ether oxygens (including phenoxy) is 2. The summed E-state index contributed by atoms with van der Waals surface area (Å²) in [6.45, 7) is -2.76. The van der Waals surface area contributed by atoms with Crippen LogP contribution in [0.4, 0.5) is 26.3 Å². The lowest BCUT2D eigenvalue weighted by atomic mass is 10.2. The molecular weight excluding hydrogens is 286 g/mol. The summed E-state index contributed by atoms with van der Waals surface area (Å²) >= 11 is 0. The SMILES string of the molecule is CCOC(=O)C(F)(F)C(=O)COCC(F)(F)C(F)F. The summed E-state index contributed by atoms with van der Waals surface area (Å²) in [6, 6.07) is 0. The van der Waals surface area contributed by atoms with E-state index in [2.05, 4.69) is 9.47 Å². The Hall–Kier alpha value is -1.32. The van der Waals surface area contributed by atoms with Gasteiger partial charge in [-0.3, -0.25) is 4.79 Å². The van der Waals surface area contributed by atoms with Gasteiger partial charge in [0.1, 0.15) is 13.2 Å². The molecule has 0 saturated heterocycles. The predicted octanol–water partition coefficient (Wildman–Crippen LogP) is 1.67. The van der Waals surface area contributed by atoms with Gasteiger partial charge in [-0.05, 0) is 6.92 Å². The largest absolute Gasteiger partial charge is 0.461 e. The number of rotatable bonds is 8. The molecule has 0 radical (unpaired) electrons. The van der Waals surface area contributed by atoms with Gasteiger partial charge in [0.2, 0.25) is 5.78 Å². The lowest BCUT2D eigenvalue weighted by Crippen LogP contribution is -2.42. The van der Waals surface area contributed by atoms with E-state index in [1.54, 1.807) is 0 Å². The Bertz CT molecular complexity index is 331. The van der Waals surface area contributed by atoms with Gasteiger partial charge in [0.05, 0.1) is 6.61 Å². The first-order valence-corrected chi connectivity index (χ1v) is 4.87. The fraction of sp³-hybridized carbons (Fsp3) is 0.778. The molecule has 0 aliphatic rings. The first kappa shape index (κ1) is 17.7. The van der Waals surface area contributed by atoms with Crippen molar-refractivity contribution in [2.24, 2.45) is 0 Å². The topological polar surface area (TPSA) is 52.6 Å². The third-order valence-corrected chi connectivity index (χ3v) is 1.73. The van der Waals surface area contributed by atoms with Crippen molar-refractivity contribution in [1.29, 1.82) is 0 Å². The van der Waals surface area contributed by atoms with Crippen LogP contribution in [-0.2, 0) is 19.1 Å². The van der Waals surface area contributed by atoms with E-state index in [1.165, 1.54) is 6.92 Å². The Balaban J connectivity index is 4.36. The van der Waals surface area contributed by atoms with E-state index in [0.29, 0.717) is 0 Å². The number of Topliss-reactive ketones (excluding diaryl/α,β-unsaturated/α-hetero) is 1. The molecule has 0 saturated carbocycles. The molecule has 10 heteroatoms. The number of hydrogen-bond donors (Lipinski definition) is 0. The molecule has 0 amide bonds. The number of esters is 1. The number of hydrogen-bond acceptors (Lipinski definition) is 4. The van der Waals surface area contributed by atoms with Gasteiger partial charge >= 0.3 is 24.2 Å². The number of ketones is 1. The molecule has 0 atom stereocenters. The van der Waals surface area contributed by atoms with Gasteiger partial charge in [-0.1, -0.05) is 0 Å². The van der Waals surface area contributed by atoms with Crippen LogP contribution in [0.3, 0.4) is 0 Å². The molecule has 0 fully saturated rings. The smallest absolute Gasteiger partial charge is 0.402 e. The minimum atomic E-state index is -4.57. The zero-order valence-corrected chi connectivity index (χ0v) is 9.60. The van der Waals surface area contributed by atoms with Gasteiger partial charge in [0.15, 0.2) is 0 Å². The molecule has 0 rings (SSSR count). The lowest BCUT2D eigenvalue weighted by molar-refractivity contribution is -0.184. The molecule has 0 heterocycles. The van der Waals surface area contributed by atoms with Crippen LogP contribution in [0.15, 0.2) is 0 Å². The van der Waals surface area contributed by atoms with Crippen LogP contribution in [-0.4, -0.2) is 49.8 Å². The van der Waals surface area contributed by atoms with Gasteiger partial charge in [-0.2, -0.15) is 17.6 Å². The van der Waals surface area contributed by atoms with Crippen LogP contribution in [0.25, 0.3) is 0 Å². The van der Waals surface area contributed by atoms with Crippen molar-refractivity contribution in [3.8, 4) is 0 Å². The molecule has 0 aliphatic heterocycles. The Morgan fingerprint density at radius 2 is 1.68 bits per heavy atom. The summed E-state index contributed by atoms with van der Waals surface area (Å²) in [5, 5.41) is 0. The van der Waals surface area contributed by atoms with E-state index in [1.807, 2.05) is 0 Å². The summed E-state index contributed by atoms with van der Waals surface area (Å²) in [5.41, 5.74) is 0. The predicted molar refractivity (Wildman–Crippen MR) is 48.4 cm³/mol. The molecule has 0 aromatic carbocycles. The standard InChI is InChI=1S/C9H10F6O4/c1-2-19-7(17)9(14,15)5(16)3-18-4-8(12,13)6(10)11/h6H,2-4H2,1H3. The van der Waals surface area contributed by atoms with E-state index in [-0.39, 0.29) is 0 Å². The average Bonchev–Trinajstić information content (AvgIpc) is 2.28. The zero-order valence-electron chi connectivity index (χ0n) is 9.60. The first-order chi connectivity index (χ1) is 8.55. The van der Waals surface area contributed by atoms with E-state index in [9.17, 15) is 35.9 Å². The highest BCUT2D eigenvalue weighted by molar-refractivity contribution is 6.05. The molecule has 0 spiro atoms. The Morgan fingerprint density at radius 3 is 2.11 bits per heavy atom. The fourth-order valence-corrected chi connectivity index (χ4v) is 0.769. The quantitative estimate of drug-likeness (QED) is 0.388. The van der Waals surface area contributed by atoms with E-state index in [4.69, 9.17) is 0 Å². The highest BCUT2D eigenvalue weighted by atomic mass is 19.3. The monoisotopic (exact) mass is 296 g/mol. The van der Waals surface area contributed by atoms with Crippen LogP contribution in [0.5, 0.6) is 0 Å². The summed E-state index contributed by atoms with van der Waals surface area (Å²) in [5.74, 6) is -13.5. The summed E-state index contributed by atoms with van der Waals surface area (Å²) in [7, 11) is 0. The molecule has 0 aromatic heterocycles. The Kier molecular flexibility index (Phi) is 6.27. The van der Waals surface area contributed by atoms with Gasteiger partial charge in [-0.15, -0.1) is 0 Å². The zero-order chi connectivity index (χ0) is 15.3. The third kappa shape index (κ3) is 5.05. The third-order valence-electron chi connectivity index (χ3n) is 1.73. The van der Waals surface area contributed by atoms with E-state index >= 15 is 0 Å². The van der Waals surface area contributed by atoms with Crippen LogP contribution in [0.1, 0.15) is 6.92 Å². The van der Waals surface area contributed by atoms with Crippen molar-refractivity contribution in [3.05, 3.63) is 0 Å². The summed E-state index contributed by atoms with van der Waals surface area (Å²) < 4.78 is 81.5. The highest BCUT2D eigenvalue weighted by Gasteiger charge is 2.49. The maximum atomic E-state index is 12.9. The maximum Gasteiger partial charge on any atom is 0.402 e. The normalized spacial score (nSPS) is 12.6. The maximum absolute atomic E-state index is 12.9.